The van der Waals surface area contributed by atoms with Gasteiger partial charge in [-0.25, -0.2) is 4.98 Å². The number of hydrogen-bond donors (Lipinski definition) is 1. The molecule has 0 radical (unpaired) electrons. The van der Waals surface area contributed by atoms with Crippen molar-refractivity contribution in [2.75, 3.05) is 25.1 Å². The monoisotopic (exact) mass is 297 g/mol. The lowest BCUT2D eigenvalue weighted by molar-refractivity contribution is -0.0613. The van der Waals surface area contributed by atoms with Crippen molar-refractivity contribution in [2.24, 2.45) is 5.92 Å². The molecule has 1 aromatic rings. The number of aromatic nitrogens is 2. The predicted octanol–water partition coefficient (Wildman–Crippen LogP) is 2.27. The third-order valence-corrected chi connectivity index (χ3v) is 4.88. The van der Waals surface area contributed by atoms with Gasteiger partial charge in [0.2, 0.25) is 0 Å². The lowest BCUT2D eigenvalue weighted by Gasteiger charge is -2.47. The van der Waals surface area contributed by atoms with Crippen molar-refractivity contribution in [1.29, 1.82) is 0 Å². The van der Waals surface area contributed by atoms with Crippen molar-refractivity contribution in [1.82, 2.24) is 9.97 Å². The largest absolute Gasteiger partial charge is 0.467 e. The third-order valence-electron chi connectivity index (χ3n) is 4.61. The smallest absolute Gasteiger partial charge is 0.318 e. The summed E-state index contributed by atoms with van der Waals surface area (Å²) in [5.74, 6) is 1.02. The Hall–Kier alpha value is -1.07. The molecule has 0 bridgehead atoms. The fourth-order valence-electron chi connectivity index (χ4n) is 3.43. The Balaban J connectivity index is 1.82. The molecule has 2 unspecified atom stereocenters. The van der Waals surface area contributed by atoms with Crippen LogP contribution in [0.15, 0.2) is 6.20 Å². The van der Waals surface area contributed by atoms with Gasteiger partial charge in [0, 0.05) is 19.0 Å². The van der Waals surface area contributed by atoms with Gasteiger partial charge in [0.25, 0.3) is 0 Å². The molecule has 2 atom stereocenters. The minimum absolute atomic E-state index is 0.307. The van der Waals surface area contributed by atoms with E-state index in [-0.39, 0.29) is 0 Å². The number of ether oxygens (including phenoxy) is 1. The fraction of sp³-hybridized carbons (Fsp3) is 0.714. The van der Waals surface area contributed by atoms with Crippen LogP contribution in [-0.2, 0) is 0 Å². The molecule has 5 nitrogen and oxygen atoms in total. The summed E-state index contributed by atoms with van der Waals surface area (Å²) in [5, 5.41) is 11.2. The molecule has 20 heavy (non-hydrogen) atoms. The Morgan fingerprint density at radius 3 is 3.10 bits per heavy atom. The molecule has 0 spiro atoms. The number of fused-ring (bicyclic) bond motifs is 1. The molecule has 1 saturated heterocycles. The fourth-order valence-corrected chi connectivity index (χ4v) is 3.64. The summed E-state index contributed by atoms with van der Waals surface area (Å²) in [6, 6.07) is 0.328. The van der Waals surface area contributed by atoms with Crippen molar-refractivity contribution >= 4 is 17.4 Å². The highest BCUT2D eigenvalue weighted by Gasteiger charge is 2.43. The molecule has 1 aliphatic heterocycles. The van der Waals surface area contributed by atoms with Gasteiger partial charge in [-0.3, -0.25) is 0 Å². The summed E-state index contributed by atoms with van der Waals surface area (Å²) in [6.45, 7) is 1.57. The topological polar surface area (TPSA) is 58.5 Å². The first-order valence-corrected chi connectivity index (χ1v) is 7.54. The van der Waals surface area contributed by atoms with Crippen LogP contribution >= 0.6 is 11.6 Å². The molecule has 1 saturated carbocycles. The highest BCUT2D eigenvalue weighted by molar-refractivity contribution is 6.32. The second-order valence-corrected chi connectivity index (χ2v) is 6.18. The Morgan fingerprint density at radius 1 is 1.45 bits per heavy atom. The molecule has 2 fully saturated rings. The van der Waals surface area contributed by atoms with Gasteiger partial charge in [-0.05, 0) is 19.3 Å². The van der Waals surface area contributed by atoms with Gasteiger partial charge >= 0.3 is 6.01 Å². The summed E-state index contributed by atoms with van der Waals surface area (Å²) >= 11 is 6.21. The number of nitrogens with zero attached hydrogens (tertiary/aromatic N) is 3. The van der Waals surface area contributed by atoms with Crippen LogP contribution in [0.4, 0.5) is 5.82 Å². The van der Waals surface area contributed by atoms with E-state index < -0.39 is 5.60 Å². The summed E-state index contributed by atoms with van der Waals surface area (Å²) < 4.78 is 5.07. The lowest BCUT2D eigenvalue weighted by atomic mass is 9.71. The second-order valence-electron chi connectivity index (χ2n) is 5.77. The third kappa shape index (κ3) is 2.44. The van der Waals surface area contributed by atoms with E-state index >= 15 is 0 Å². The second kappa shape index (κ2) is 5.37. The molecule has 3 rings (SSSR count). The van der Waals surface area contributed by atoms with Gasteiger partial charge in [0.1, 0.15) is 5.02 Å². The molecule has 0 amide bonds. The average Bonchev–Trinajstić information content (AvgIpc) is 2.47. The highest BCUT2D eigenvalue weighted by Crippen LogP contribution is 2.41. The van der Waals surface area contributed by atoms with Crippen molar-refractivity contribution in [3.63, 3.8) is 0 Å². The molecule has 0 aromatic carbocycles. The van der Waals surface area contributed by atoms with Crippen LogP contribution in [0.2, 0.25) is 5.02 Å². The Bertz CT molecular complexity index is 499. The zero-order valence-electron chi connectivity index (χ0n) is 11.7. The molecule has 1 aliphatic carbocycles. The number of aliphatic hydroxyl groups is 1. The Labute approximate surface area is 123 Å². The first-order valence-electron chi connectivity index (χ1n) is 7.16. The molecule has 2 heterocycles. The van der Waals surface area contributed by atoms with E-state index in [1.165, 1.54) is 6.42 Å². The SMILES string of the molecule is COc1ncc(Cl)c(N2CCC3(O)CCCCC3C2)n1. The number of hydrogen-bond acceptors (Lipinski definition) is 5. The van der Waals surface area contributed by atoms with E-state index in [0.29, 0.717) is 22.8 Å². The molecule has 1 aromatic heterocycles. The van der Waals surface area contributed by atoms with Gasteiger partial charge in [0.15, 0.2) is 5.82 Å². The minimum atomic E-state index is -0.488. The van der Waals surface area contributed by atoms with Crippen LogP contribution in [0.25, 0.3) is 0 Å². The van der Waals surface area contributed by atoms with Crippen LogP contribution < -0.4 is 9.64 Å². The van der Waals surface area contributed by atoms with E-state index in [1.54, 1.807) is 13.3 Å². The predicted molar refractivity (Wildman–Crippen MR) is 77.3 cm³/mol. The van der Waals surface area contributed by atoms with Gasteiger partial charge < -0.3 is 14.7 Å². The van der Waals surface area contributed by atoms with Crippen molar-refractivity contribution in [3.8, 4) is 6.01 Å². The van der Waals surface area contributed by atoms with Gasteiger partial charge in [0.05, 0.1) is 18.9 Å². The highest BCUT2D eigenvalue weighted by atomic mass is 35.5. The van der Waals surface area contributed by atoms with Gasteiger partial charge in [-0.2, -0.15) is 4.98 Å². The molecular formula is C14H20ClN3O2. The maximum atomic E-state index is 10.7. The number of halogens is 1. The minimum Gasteiger partial charge on any atom is -0.467 e. The summed E-state index contributed by atoms with van der Waals surface area (Å²) in [7, 11) is 1.54. The Morgan fingerprint density at radius 2 is 2.30 bits per heavy atom. The van der Waals surface area contributed by atoms with Crippen molar-refractivity contribution in [3.05, 3.63) is 11.2 Å². The zero-order chi connectivity index (χ0) is 14.2. The maximum absolute atomic E-state index is 10.7. The number of methoxy groups -OCH3 is 1. The normalized spacial score (nSPS) is 29.9. The molecule has 2 aliphatic rings. The van der Waals surface area contributed by atoms with Crippen LogP contribution in [0.5, 0.6) is 6.01 Å². The summed E-state index contributed by atoms with van der Waals surface area (Å²) in [6.07, 6.45) is 6.68. The van der Waals surface area contributed by atoms with Crippen LogP contribution in [-0.4, -0.2) is 40.9 Å². The van der Waals surface area contributed by atoms with Gasteiger partial charge in [-0.15, -0.1) is 0 Å². The van der Waals surface area contributed by atoms with Crippen LogP contribution in [0.3, 0.4) is 0 Å². The lowest BCUT2D eigenvalue weighted by Crippen LogP contribution is -2.53. The van der Waals surface area contributed by atoms with E-state index in [0.717, 1.165) is 38.8 Å². The van der Waals surface area contributed by atoms with Gasteiger partial charge in [-0.1, -0.05) is 24.4 Å². The van der Waals surface area contributed by atoms with Crippen molar-refractivity contribution < 1.29 is 9.84 Å². The zero-order valence-corrected chi connectivity index (χ0v) is 12.4. The van der Waals surface area contributed by atoms with E-state index in [1.807, 2.05) is 0 Å². The average molecular weight is 298 g/mol. The van der Waals surface area contributed by atoms with E-state index in [2.05, 4.69) is 14.9 Å². The summed E-state index contributed by atoms with van der Waals surface area (Å²) in [4.78, 5) is 10.5. The molecule has 6 heteroatoms. The first-order chi connectivity index (χ1) is 9.62. The standard InChI is InChI=1S/C14H20ClN3O2/c1-20-13-16-8-11(15)12(17-13)18-7-6-14(19)5-3-2-4-10(14)9-18/h8,10,19H,2-7,9H2,1H3. The number of piperidine rings is 1. The van der Waals surface area contributed by atoms with Crippen molar-refractivity contribution in [2.45, 2.75) is 37.7 Å². The molecule has 1 N–H and O–H groups in total. The summed E-state index contributed by atoms with van der Waals surface area (Å²) in [5.41, 5.74) is -0.488. The van der Waals surface area contributed by atoms with E-state index in [4.69, 9.17) is 16.3 Å². The van der Waals surface area contributed by atoms with Crippen LogP contribution in [0, 0.1) is 5.92 Å². The maximum Gasteiger partial charge on any atom is 0.318 e. The molecule has 110 valence electrons. The number of anilines is 1. The van der Waals surface area contributed by atoms with E-state index in [9.17, 15) is 5.11 Å². The number of rotatable bonds is 2. The Kier molecular flexibility index (Phi) is 3.73. The first kappa shape index (κ1) is 13.9. The van der Waals surface area contributed by atoms with Crippen LogP contribution in [0.1, 0.15) is 32.1 Å². The molecular weight excluding hydrogens is 278 g/mol. The quantitative estimate of drug-likeness (QED) is 0.907.